The van der Waals surface area contributed by atoms with Gasteiger partial charge < -0.3 is 14.8 Å². The van der Waals surface area contributed by atoms with E-state index in [-0.39, 0.29) is 35.7 Å². The largest absolute Gasteiger partial charge is 0.496 e. The molecule has 28 heavy (non-hydrogen) atoms. The lowest BCUT2D eigenvalue weighted by Gasteiger charge is -2.08. The summed E-state index contributed by atoms with van der Waals surface area (Å²) in [6, 6.07) is 12.4. The molecule has 2 aromatic carbocycles. The lowest BCUT2D eigenvalue weighted by Crippen LogP contribution is -2.21. The van der Waals surface area contributed by atoms with Crippen molar-refractivity contribution < 1.29 is 28.8 Å². The van der Waals surface area contributed by atoms with Crippen LogP contribution in [-0.4, -0.2) is 36.3 Å². The number of ketones is 1. The molecule has 0 spiro atoms. The Bertz CT molecular complexity index is 881. The third kappa shape index (κ3) is 5.90. The van der Waals surface area contributed by atoms with Gasteiger partial charge in [-0.05, 0) is 12.1 Å². The van der Waals surface area contributed by atoms with Crippen LogP contribution in [0.15, 0.2) is 48.5 Å². The van der Waals surface area contributed by atoms with Crippen molar-refractivity contribution in [1.82, 2.24) is 0 Å². The molecular weight excluding hydrogens is 368 g/mol. The Morgan fingerprint density at radius 1 is 1.07 bits per heavy atom. The fraction of sp³-hybridized carbons (Fsp3) is 0.211. The summed E-state index contributed by atoms with van der Waals surface area (Å²) in [4.78, 5) is 46.0. The highest BCUT2D eigenvalue weighted by Crippen LogP contribution is 2.28. The van der Waals surface area contributed by atoms with Crippen LogP contribution in [0.25, 0.3) is 0 Å². The summed E-state index contributed by atoms with van der Waals surface area (Å²) >= 11 is 0. The van der Waals surface area contributed by atoms with E-state index >= 15 is 0 Å². The predicted molar refractivity (Wildman–Crippen MR) is 99.2 cm³/mol. The quantitative estimate of drug-likeness (QED) is 0.304. The summed E-state index contributed by atoms with van der Waals surface area (Å²) in [6.07, 6.45) is -0.224. The van der Waals surface area contributed by atoms with Gasteiger partial charge in [0.25, 0.3) is 11.6 Å². The van der Waals surface area contributed by atoms with Crippen LogP contribution in [0, 0.1) is 10.1 Å². The highest BCUT2D eigenvalue weighted by molar-refractivity contribution is 5.98. The number of carbonyl (C=O) groups excluding carboxylic acids is 3. The smallest absolute Gasteiger partial charge is 0.306 e. The molecule has 0 aliphatic carbocycles. The minimum atomic E-state index is -0.740. The standard InChI is InChI=1S/C19H18N2O7/c1-27-14-7-8-15(16(11-14)21(25)26)20-18(23)12-28-19(24)10-9-17(22)13-5-3-2-4-6-13/h2-8,11H,9-10,12H2,1H3,(H,20,23). The zero-order valence-corrected chi connectivity index (χ0v) is 15.0. The number of anilines is 1. The Morgan fingerprint density at radius 3 is 2.43 bits per heavy atom. The SMILES string of the molecule is COc1ccc(NC(=O)COC(=O)CCC(=O)c2ccccc2)c([N+](=O)[O-])c1. The van der Waals surface area contributed by atoms with Gasteiger partial charge in [0.2, 0.25) is 0 Å². The molecule has 0 radical (unpaired) electrons. The van der Waals surface area contributed by atoms with E-state index in [1.165, 1.54) is 19.2 Å². The number of ether oxygens (including phenoxy) is 2. The van der Waals surface area contributed by atoms with Crippen LogP contribution in [-0.2, 0) is 14.3 Å². The van der Waals surface area contributed by atoms with Crippen LogP contribution < -0.4 is 10.1 Å². The van der Waals surface area contributed by atoms with Gasteiger partial charge in [0.05, 0.1) is 24.5 Å². The number of nitrogens with one attached hydrogen (secondary N) is 1. The molecule has 2 aromatic rings. The first-order chi connectivity index (χ1) is 13.4. The fourth-order valence-electron chi connectivity index (χ4n) is 2.28. The number of nitrogens with zero attached hydrogens (tertiary/aromatic N) is 1. The number of nitro groups is 1. The van der Waals surface area contributed by atoms with Crippen molar-refractivity contribution in [3.63, 3.8) is 0 Å². The van der Waals surface area contributed by atoms with Crippen molar-refractivity contribution in [2.24, 2.45) is 0 Å². The van der Waals surface area contributed by atoms with Crippen LogP contribution in [0.1, 0.15) is 23.2 Å². The molecule has 0 heterocycles. The Morgan fingerprint density at radius 2 is 1.79 bits per heavy atom. The molecule has 0 aliphatic rings. The molecule has 0 atom stereocenters. The van der Waals surface area contributed by atoms with Gasteiger partial charge in [0.15, 0.2) is 12.4 Å². The topological polar surface area (TPSA) is 125 Å². The van der Waals surface area contributed by atoms with Crippen molar-refractivity contribution in [2.75, 3.05) is 19.0 Å². The molecule has 0 fully saturated rings. The number of hydrogen-bond acceptors (Lipinski definition) is 7. The van der Waals surface area contributed by atoms with E-state index in [1.54, 1.807) is 30.3 Å². The monoisotopic (exact) mass is 386 g/mol. The van der Waals surface area contributed by atoms with Crippen LogP contribution in [0.2, 0.25) is 0 Å². The lowest BCUT2D eigenvalue weighted by atomic mass is 10.1. The Kier molecular flexibility index (Phi) is 7.21. The average Bonchev–Trinajstić information content (AvgIpc) is 2.71. The summed E-state index contributed by atoms with van der Waals surface area (Å²) in [5.74, 6) is -1.41. The molecule has 1 amide bonds. The maximum Gasteiger partial charge on any atom is 0.306 e. The van der Waals surface area contributed by atoms with Crippen LogP contribution >= 0.6 is 0 Å². The molecule has 9 nitrogen and oxygen atoms in total. The number of esters is 1. The van der Waals surface area contributed by atoms with E-state index in [9.17, 15) is 24.5 Å². The minimum absolute atomic E-state index is 0.0472. The second kappa shape index (κ2) is 9.81. The van der Waals surface area contributed by atoms with Crippen LogP contribution in [0.4, 0.5) is 11.4 Å². The summed E-state index contributed by atoms with van der Waals surface area (Å²) in [5.41, 5.74) is 0.0819. The molecule has 146 valence electrons. The molecule has 2 rings (SSSR count). The maximum atomic E-state index is 11.9. The van der Waals surface area contributed by atoms with E-state index in [2.05, 4.69) is 5.32 Å². The predicted octanol–water partition coefficient (Wildman–Crippen LogP) is 2.75. The van der Waals surface area contributed by atoms with Crippen LogP contribution in [0.3, 0.4) is 0 Å². The normalized spacial score (nSPS) is 10.0. The van der Waals surface area contributed by atoms with Gasteiger partial charge in [0.1, 0.15) is 11.4 Å². The number of rotatable bonds is 9. The molecule has 0 saturated carbocycles. The number of methoxy groups -OCH3 is 1. The molecule has 0 unspecified atom stereocenters. The summed E-state index contributed by atoms with van der Waals surface area (Å²) < 4.78 is 9.72. The van der Waals surface area contributed by atoms with Crippen molar-refractivity contribution in [3.8, 4) is 5.75 Å². The van der Waals surface area contributed by atoms with Crippen LogP contribution in [0.5, 0.6) is 5.75 Å². The maximum absolute atomic E-state index is 11.9. The first-order valence-corrected chi connectivity index (χ1v) is 8.27. The third-order valence-corrected chi connectivity index (χ3v) is 3.69. The molecule has 0 saturated heterocycles. The number of hydrogen-bond donors (Lipinski definition) is 1. The highest BCUT2D eigenvalue weighted by Gasteiger charge is 2.18. The van der Waals surface area contributed by atoms with Crippen molar-refractivity contribution in [3.05, 3.63) is 64.2 Å². The summed E-state index contributed by atoms with van der Waals surface area (Å²) in [6.45, 7) is -0.623. The van der Waals surface area contributed by atoms with Gasteiger partial charge in [-0.2, -0.15) is 0 Å². The zero-order chi connectivity index (χ0) is 20.5. The minimum Gasteiger partial charge on any atom is -0.496 e. The van der Waals surface area contributed by atoms with Gasteiger partial charge in [-0.15, -0.1) is 0 Å². The molecule has 1 N–H and O–H groups in total. The Labute approximate surface area is 160 Å². The van der Waals surface area contributed by atoms with E-state index < -0.39 is 23.4 Å². The van der Waals surface area contributed by atoms with Crippen molar-refractivity contribution in [2.45, 2.75) is 12.8 Å². The van der Waals surface area contributed by atoms with Gasteiger partial charge in [-0.25, -0.2) is 0 Å². The molecule has 0 aliphatic heterocycles. The highest BCUT2D eigenvalue weighted by atomic mass is 16.6. The Hall–Kier alpha value is -3.75. The second-order valence-corrected chi connectivity index (χ2v) is 5.64. The van der Waals surface area contributed by atoms with E-state index in [4.69, 9.17) is 9.47 Å². The number of amides is 1. The zero-order valence-electron chi connectivity index (χ0n) is 15.0. The van der Waals surface area contributed by atoms with Crippen molar-refractivity contribution in [1.29, 1.82) is 0 Å². The number of carbonyl (C=O) groups is 3. The van der Waals surface area contributed by atoms with E-state index in [0.29, 0.717) is 5.56 Å². The molecule has 9 heteroatoms. The van der Waals surface area contributed by atoms with Gasteiger partial charge in [-0.1, -0.05) is 30.3 Å². The third-order valence-electron chi connectivity index (χ3n) is 3.69. The summed E-state index contributed by atoms with van der Waals surface area (Å²) in [7, 11) is 1.36. The van der Waals surface area contributed by atoms with Gasteiger partial charge >= 0.3 is 5.97 Å². The molecule has 0 aromatic heterocycles. The van der Waals surface area contributed by atoms with Gasteiger partial charge in [0, 0.05) is 12.0 Å². The summed E-state index contributed by atoms with van der Waals surface area (Å²) in [5, 5.41) is 13.4. The van der Waals surface area contributed by atoms with E-state index in [1.807, 2.05) is 0 Å². The number of nitro benzene ring substituents is 1. The lowest BCUT2D eigenvalue weighted by molar-refractivity contribution is -0.384. The number of benzene rings is 2. The average molecular weight is 386 g/mol. The van der Waals surface area contributed by atoms with Gasteiger partial charge in [-0.3, -0.25) is 24.5 Å². The first-order valence-electron chi connectivity index (χ1n) is 8.27. The van der Waals surface area contributed by atoms with Crippen molar-refractivity contribution >= 4 is 29.0 Å². The second-order valence-electron chi connectivity index (χ2n) is 5.64. The van der Waals surface area contributed by atoms with E-state index in [0.717, 1.165) is 6.07 Å². The fourth-order valence-corrected chi connectivity index (χ4v) is 2.28. The first kappa shape index (κ1) is 20.6. The Balaban J connectivity index is 1.83. The molecule has 0 bridgehead atoms. The molecular formula is C19H18N2O7. The number of Topliss-reactive ketones (excluding diaryl/α,β-unsaturated/α-hetero) is 1.